The Kier molecular flexibility index (Phi) is 4.56. The fraction of sp³-hybridized carbons (Fsp3) is 0.273. The van der Waals surface area contributed by atoms with E-state index < -0.39 is 6.04 Å². The first kappa shape index (κ1) is 12.0. The average Bonchev–Trinajstić information content (AvgIpc) is 2.26. The van der Waals surface area contributed by atoms with Gasteiger partial charge in [-0.3, -0.25) is 4.79 Å². The summed E-state index contributed by atoms with van der Waals surface area (Å²) in [5, 5.41) is 11.3. The standard InChI is InChI=1S/C11H11IN2O/c1-2-10(7-13)14-11(15)8-3-5-9(12)6-4-8/h3-6,10H,2H2,1H3,(H,14,15). The normalized spacial score (nSPS) is 11.5. The molecular formula is C11H11IN2O. The van der Waals surface area contributed by atoms with Crippen LogP contribution in [-0.4, -0.2) is 11.9 Å². The van der Waals surface area contributed by atoms with Gasteiger partial charge in [-0.15, -0.1) is 0 Å². The molecule has 1 amide bonds. The van der Waals surface area contributed by atoms with E-state index in [0.717, 1.165) is 3.57 Å². The monoisotopic (exact) mass is 314 g/mol. The minimum absolute atomic E-state index is 0.195. The molecule has 0 radical (unpaired) electrons. The summed E-state index contributed by atoms with van der Waals surface area (Å²) in [7, 11) is 0. The highest BCUT2D eigenvalue weighted by Crippen LogP contribution is 2.07. The Hall–Kier alpha value is -1.09. The summed E-state index contributed by atoms with van der Waals surface area (Å²) in [6.07, 6.45) is 0.618. The van der Waals surface area contributed by atoms with Gasteiger partial charge in [-0.05, 0) is 53.3 Å². The Morgan fingerprint density at radius 3 is 2.60 bits per heavy atom. The van der Waals surface area contributed by atoms with Crippen LogP contribution in [0.25, 0.3) is 0 Å². The molecule has 1 atom stereocenters. The van der Waals surface area contributed by atoms with E-state index in [1.165, 1.54) is 0 Å². The maximum absolute atomic E-state index is 11.6. The van der Waals surface area contributed by atoms with Crippen molar-refractivity contribution in [1.29, 1.82) is 5.26 Å². The largest absolute Gasteiger partial charge is 0.336 e. The summed E-state index contributed by atoms with van der Waals surface area (Å²) in [6.45, 7) is 1.86. The lowest BCUT2D eigenvalue weighted by Crippen LogP contribution is -2.33. The topological polar surface area (TPSA) is 52.9 Å². The van der Waals surface area contributed by atoms with Gasteiger partial charge in [0.05, 0.1) is 6.07 Å². The van der Waals surface area contributed by atoms with Crippen LogP contribution in [0.4, 0.5) is 0 Å². The number of nitriles is 1. The van der Waals surface area contributed by atoms with Crippen LogP contribution in [-0.2, 0) is 0 Å². The number of nitrogens with zero attached hydrogens (tertiary/aromatic N) is 1. The van der Waals surface area contributed by atoms with Gasteiger partial charge < -0.3 is 5.32 Å². The van der Waals surface area contributed by atoms with Crippen molar-refractivity contribution in [1.82, 2.24) is 5.32 Å². The summed E-state index contributed by atoms with van der Waals surface area (Å²) in [5.41, 5.74) is 0.587. The lowest BCUT2D eigenvalue weighted by atomic mass is 10.2. The molecule has 1 N–H and O–H groups in total. The Labute approximate surface area is 103 Å². The van der Waals surface area contributed by atoms with Crippen molar-refractivity contribution in [3.05, 3.63) is 33.4 Å². The predicted octanol–water partition coefficient (Wildman–Crippen LogP) is 2.32. The Balaban J connectivity index is 2.70. The van der Waals surface area contributed by atoms with E-state index in [0.29, 0.717) is 12.0 Å². The van der Waals surface area contributed by atoms with Gasteiger partial charge in [-0.2, -0.15) is 5.26 Å². The van der Waals surface area contributed by atoms with Crippen LogP contribution < -0.4 is 5.32 Å². The molecular weight excluding hydrogens is 303 g/mol. The van der Waals surface area contributed by atoms with Crippen molar-refractivity contribution in [2.75, 3.05) is 0 Å². The van der Waals surface area contributed by atoms with E-state index in [-0.39, 0.29) is 5.91 Å². The number of halogens is 1. The predicted molar refractivity (Wildman–Crippen MR) is 66.3 cm³/mol. The van der Waals surface area contributed by atoms with E-state index in [1.54, 1.807) is 12.1 Å². The molecule has 0 spiro atoms. The first-order valence-electron chi connectivity index (χ1n) is 4.63. The quantitative estimate of drug-likeness (QED) is 0.871. The molecule has 0 aromatic heterocycles. The molecule has 3 nitrogen and oxygen atoms in total. The lowest BCUT2D eigenvalue weighted by molar-refractivity contribution is 0.0944. The Morgan fingerprint density at radius 1 is 1.53 bits per heavy atom. The molecule has 0 fully saturated rings. The van der Waals surface area contributed by atoms with Crippen LogP contribution in [0.15, 0.2) is 24.3 Å². The third-order valence-corrected chi connectivity index (χ3v) is 2.69. The summed E-state index contributed by atoms with van der Waals surface area (Å²) < 4.78 is 1.08. The van der Waals surface area contributed by atoms with Crippen molar-refractivity contribution in [2.24, 2.45) is 0 Å². The van der Waals surface area contributed by atoms with Crippen molar-refractivity contribution >= 4 is 28.5 Å². The second kappa shape index (κ2) is 5.71. The van der Waals surface area contributed by atoms with Gasteiger partial charge in [0.25, 0.3) is 5.91 Å². The van der Waals surface area contributed by atoms with Gasteiger partial charge in [0.1, 0.15) is 6.04 Å². The van der Waals surface area contributed by atoms with Crippen LogP contribution in [0.5, 0.6) is 0 Å². The average molecular weight is 314 g/mol. The third kappa shape index (κ3) is 3.51. The van der Waals surface area contributed by atoms with Gasteiger partial charge in [0.15, 0.2) is 0 Å². The van der Waals surface area contributed by atoms with E-state index in [2.05, 4.69) is 27.9 Å². The number of rotatable bonds is 3. The van der Waals surface area contributed by atoms with Crippen LogP contribution in [0.2, 0.25) is 0 Å². The number of nitrogens with one attached hydrogen (secondary N) is 1. The summed E-state index contributed by atoms with van der Waals surface area (Å²) in [5.74, 6) is -0.195. The maximum Gasteiger partial charge on any atom is 0.252 e. The molecule has 1 unspecified atom stereocenters. The Morgan fingerprint density at radius 2 is 2.13 bits per heavy atom. The van der Waals surface area contributed by atoms with E-state index in [4.69, 9.17) is 5.26 Å². The van der Waals surface area contributed by atoms with Crippen molar-refractivity contribution < 1.29 is 4.79 Å². The molecule has 1 aromatic rings. The molecule has 1 aromatic carbocycles. The van der Waals surface area contributed by atoms with Gasteiger partial charge in [-0.25, -0.2) is 0 Å². The molecule has 4 heteroatoms. The molecule has 0 aliphatic heterocycles. The second-order valence-electron chi connectivity index (χ2n) is 3.07. The molecule has 78 valence electrons. The smallest absolute Gasteiger partial charge is 0.252 e. The van der Waals surface area contributed by atoms with Crippen molar-refractivity contribution in [3.8, 4) is 6.07 Å². The molecule has 1 rings (SSSR count). The molecule has 0 saturated carbocycles. The minimum Gasteiger partial charge on any atom is -0.336 e. The van der Waals surface area contributed by atoms with Gasteiger partial charge in [0.2, 0.25) is 0 Å². The molecule has 15 heavy (non-hydrogen) atoms. The van der Waals surface area contributed by atoms with Crippen LogP contribution in [0.3, 0.4) is 0 Å². The second-order valence-corrected chi connectivity index (χ2v) is 4.32. The molecule has 0 heterocycles. The number of hydrogen-bond acceptors (Lipinski definition) is 2. The van der Waals surface area contributed by atoms with Crippen molar-refractivity contribution in [3.63, 3.8) is 0 Å². The van der Waals surface area contributed by atoms with E-state index >= 15 is 0 Å². The maximum atomic E-state index is 11.6. The minimum atomic E-state index is -0.406. The molecule has 0 aliphatic rings. The zero-order valence-corrected chi connectivity index (χ0v) is 10.5. The third-order valence-electron chi connectivity index (χ3n) is 1.98. The molecule has 0 bridgehead atoms. The number of amides is 1. The van der Waals surface area contributed by atoms with Gasteiger partial charge >= 0.3 is 0 Å². The van der Waals surface area contributed by atoms with Crippen molar-refractivity contribution in [2.45, 2.75) is 19.4 Å². The first-order chi connectivity index (χ1) is 7.17. The fourth-order valence-electron chi connectivity index (χ4n) is 1.07. The number of carbonyl (C=O) groups excluding carboxylic acids is 1. The summed E-state index contributed by atoms with van der Waals surface area (Å²) in [6, 6.07) is 8.85. The molecule has 0 saturated heterocycles. The van der Waals surface area contributed by atoms with Gasteiger partial charge in [-0.1, -0.05) is 6.92 Å². The highest BCUT2D eigenvalue weighted by molar-refractivity contribution is 14.1. The van der Waals surface area contributed by atoms with E-state index in [1.807, 2.05) is 25.1 Å². The van der Waals surface area contributed by atoms with Crippen LogP contribution >= 0.6 is 22.6 Å². The lowest BCUT2D eigenvalue weighted by Gasteiger charge is -2.08. The highest BCUT2D eigenvalue weighted by Gasteiger charge is 2.10. The zero-order chi connectivity index (χ0) is 11.3. The number of benzene rings is 1. The summed E-state index contributed by atoms with van der Waals surface area (Å²) >= 11 is 2.18. The first-order valence-corrected chi connectivity index (χ1v) is 5.71. The SMILES string of the molecule is CCC(C#N)NC(=O)c1ccc(I)cc1. The number of hydrogen-bond donors (Lipinski definition) is 1. The zero-order valence-electron chi connectivity index (χ0n) is 8.33. The van der Waals surface area contributed by atoms with E-state index in [9.17, 15) is 4.79 Å². The fourth-order valence-corrected chi connectivity index (χ4v) is 1.43. The van der Waals surface area contributed by atoms with Gasteiger partial charge in [0, 0.05) is 9.13 Å². The Bertz CT molecular complexity index is 381. The van der Waals surface area contributed by atoms with Crippen LogP contribution in [0.1, 0.15) is 23.7 Å². The highest BCUT2D eigenvalue weighted by atomic mass is 127. The molecule has 0 aliphatic carbocycles. The summed E-state index contributed by atoms with van der Waals surface area (Å²) in [4.78, 5) is 11.6. The van der Waals surface area contributed by atoms with Crippen LogP contribution in [0, 0.1) is 14.9 Å². The number of carbonyl (C=O) groups is 1.